The normalized spacial score (nSPS) is 20.1. The Morgan fingerprint density at radius 2 is 2.37 bits per heavy atom. The van der Waals surface area contributed by atoms with Gasteiger partial charge in [-0.2, -0.15) is 0 Å². The van der Waals surface area contributed by atoms with Crippen molar-refractivity contribution < 1.29 is 9.84 Å². The predicted octanol–water partition coefficient (Wildman–Crippen LogP) is 1.44. The van der Waals surface area contributed by atoms with Crippen molar-refractivity contribution >= 4 is 11.5 Å². The Labute approximate surface area is 112 Å². The minimum atomic E-state index is -0.00565. The summed E-state index contributed by atoms with van der Waals surface area (Å²) in [6.07, 6.45) is 2.96. The summed E-state index contributed by atoms with van der Waals surface area (Å²) < 4.78 is 7.49. The monoisotopic (exact) mass is 261 g/mol. The molecule has 19 heavy (non-hydrogen) atoms. The van der Waals surface area contributed by atoms with Crippen molar-refractivity contribution in [1.29, 1.82) is 0 Å². The summed E-state index contributed by atoms with van der Waals surface area (Å²) in [6, 6.07) is 6.21. The van der Waals surface area contributed by atoms with E-state index in [2.05, 4.69) is 16.8 Å². The molecule has 1 saturated heterocycles. The fraction of sp³-hybridized carbons (Fsp3) is 0.500. The lowest BCUT2D eigenvalue weighted by molar-refractivity contribution is 0.0923. The molecule has 1 atom stereocenters. The first-order valence-electron chi connectivity index (χ1n) is 6.76. The van der Waals surface area contributed by atoms with Gasteiger partial charge >= 0.3 is 0 Å². The minimum Gasteiger partial charge on any atom is -0.390 e. The Hall–Kier alpha value is -1.59. The molecule has 0 aromatic carbocycles. The van der Waals surface area contributed by atoms with Crippen LogP contribution in [0.15, 0.2) is 24.4 Å². The number of hydrogen-bond donors (Lipinski definition) is 1. The van der Waals surface area contributed by atoms with Crippen LogP contribution in [0.1, 0.15) is 19.0 Å². The molecule has 1 aliphatic rings. The fourth-order valence-electron chi connectivity index (χ4n) is 2.68. The van der Waals surface area contributed by atoms with Gasteiger partial charge in [-0.25, -0.2) is 4.98 Å². The smallest absolute Gasteiger partial charge is 0.153 e. The lowest BCUT2D eigenvalue weighted by Gasteiger charge is -2.35. The molecule has 3 rings (SSSR count). The standard InChI is InChI=1S/C14H19N3O2/c1-2-11-10-19-8-7-16(11)14-12(9-18)17-6-4-3-5-13(17)15-14/h3-6,11,18H,2,7-10H2,1H3. The van der Waals surface area contributed by atoms with Gasteiger partial charge in [0.15, 0.2) is 5.82 Å². The Morgan fingerprint density at radius 1 is 1.47 bits per heavy atom. The first-order chi connectivity index (χ1) is 9.35. The maximum Gasteiger partial charge on any atom is 0.153 e. The topological polar surface area (TPSA) is 50.0 Å². The maximum absolute atomic E-state index is 9.68. The van der Waals surface area contributed by atoms with Gasteiger partial charge in [-0.3, -0.25) is 4.40 Å². The van der Waals surface area contributed by atoms with Crippen molar-refractivity contribution in [1.82, 2.24) is 9.38 Å². The molecule has 0 amide bonds. The summed E-state index contributed by atoms with van der Waals surface area (Å²) >= 11 is 0. The molecular formula is C14H19N3O2. The molecule has 0 saturated carbocycles. The second kappa shape index (κ2) is 5.19. The molecule has 1 aliphatic heterocycles. The molecule has 0 radical (unpaired) electrons. The second-order valence-electron chi connectivity index (χ2n) is 4.80. The van der Waals surface area contributed by atoms with E-state index in [4.69, 9.17) is 4.74 Å². The van der Waals surface area contributed by atoms with Crippen LogP contribution in [0, 0.1) is 0 Å². The third kappa shape index (κ3) is 2.09. The first kappa shape index (κ1) is 12.4. The molecule has 0 aliphatic carbocycles. The molecule has 102 valence electrons. The summed E-state index contributed by atoms with van der Waals surface area (Å²) in [7, 11) is 0. The van der Waals surface area contributed by atoms with Crippen LogP contribution < -0.4 is 4.90 Å². The molecule has 0 bridgehead atoms. The van der Waals surface area contributed by atoms with Crippen molar-refractivity contribution in [2.24, 2.45) is 0 Å². The average molecular weight is 261 g/mol. The predicted molar refractivity (Wildman–Crippen MR) is 73.4 cm³/mol. The second-order valence-corrected chi connectivity index (χ2v) is 4.80. The van der Waals surface area contributed by atoms with E-state index in [1.807, 2.05) is 28.8 Å². The van der Waals surface area contributed by atoms with Gasteiger partial charge in [0, 0.05) is 12.7 Å². The van der Waals surface area contributed by atoms with Crippen LogP contribution in [0.3, 0.4) is 0 Å². The highest BCUT2D eigenvalue weighted by Crippen LogP contribution is 2.26. The van der Waals surface area contributed by atoms with E-state index in [9.17, 15) is 5.11 Å². The molecule has 1 N–H and O–H groups in total. The van der Waals surface area contributed by atoms with Crippen LogP contribution in [0.25, 0.3) is 5.65 Å². The van der Waals surface area contributed by atoms with Crippen LogP contribution in [-0.2, 0) is 11.3 Å². The first-order valence-corrected chi connectivity index (χ1v) is 6.76. The van der Waals surface area contributed by atoms with Gasteiger partial charge in [-0.15, -0.1) is 0 Å². The van der Waals surface area contributed by atoms with E-state index in [-0.39, 0.29) is 6.61 Å². The van der Waals surface area contributed by atoms with Gasteiger partial charge in [0.05, 0.1) is 31.6 Å². The molecule has 3 heterocycles. The van der Waals surface area contributed by atoms with E-state index in [1.54, 1.807) is 0 Å². The van der Waals surface area contributed by atoms with Crippen molar-refractivity contribution in [3.05, 3.63) is 30.1 Å². The van der Waals surface area contributed by atoms with Gasteiger partial charge in [0.2, 0.25) is 0 Å². The average Bonchev–Trinajstić information content (AvgIpc) is 2.85. The van der Waals surface area contributed by atoms with E-state index < -0.39 is 0 Å². The van der Waals surface area contributed by atoms with Gasteiger partial charge in [0.25, 0.3) is 0 Å². The highest BCUT2D eigenvalue weighted by molar-refractivity contribution is 5.56. The zero-order valence-electron chi connectivity index (χ0n) is 11.1. The van der Waals surface area contributed by atoms with Crippen molar-refractivity contribution in [3.63, 3.8) is 0 Å². The van der Waals surface area contributed by atoms with E-state index in [0.717, 1.165) is 43.3 Å². The quantitative estimate of drug-likeness (QED) is 0.908. The number of fused-ring (bicyclic) bond motifs is 1. The molecule has 2 aromatic heterocycles. The molecule has 1 unspecified atom stereocenters. The molecular weight excluding hydrogens is 242 g/mol. The lowest BCUT2D eigenvalue weighted by Crippen LogP contribution is -2.45. The zero-order chi connectivity index (χ0) is 13.2. The van der Waals surface area contributed by atoms with E-state index in [1.165, 1.54) is 0 Å². The number of aliphatic hydroxyl groups is 1. The van der Waals surface area contributed by atoms with Gasteiger partial charge in [-0.05, 0) is 18.6 Å². The number of aromatic nitrogens is 2. The van der Waals surface area contributed by atoms with Crippen LogP contribution in [0.2, 0.25) is 0 Å². The van der Waals surface area contributed by atoms with Crippen LogP contribution in [0.4, 0.5) is 5.82 Å². The molecule has 2 aromatic rings. The maximum atomic E-state index is 9.68. The summed E-state index contributed by atoms with van der Waals surface area (Å²) in [5.41, 5.74) is 1.74. The zero-order valence-corrected chi connectivity index (χ0v) is 11.1. The number of imidazole rings is 1. The summed E-state index contributed by atoms with van der Waals surface area (Å²) in [4.78, 5) is 6.94. The SMILES string of the molecule is CCC1COCCN1c1nc2ccccn2c1CO. The van der Waals surface area contributed by atoms with Crippen molar-refractivity contribution in [2.75, 3.05) is 24.7 Å². The van der Waals surface area contributed by atoms with Gasteiger partial charge < -0.3 is 14.7 Å². The summed E-state index contributed by atoms with van der Waals surface area (Å²) in [6.45, 7) is 4.43. The van der Waals surface area contributed by atoms with Gasteiger partial charge in [-0.1, -0.05) is 13.0 Å². The van der Waals surface area contributed by atoms with Crippen molar-refractivity contribution in [3.8, 4) is 0 Å². The Balaban J connectivity index is 2.07. The van der Waals surface area contributed by atoms with Crippen LogP contribution in [0.5, 0.6) is 0 Å². The number of pyridine rings is 1. The summed E-state index contributed by atoms with van der Waals surface area (Å²) in [5.74, 6) is 0.892. The summed E-state index contributed by atoms with van der Waals surface area (Å²) in [5, 5.41) is 9.68. The number of morpholine rings is 1. The fourth-order valence-corrected chi connectivity index (χ4v) is 2.68. The lowest BCUT2D eigenvalue weighted by atomic mass is 10.1. The molecule has 5 heteroatoms. The molecule has 0 spiro atoms. The number of aliphatic hydroxyl groups excluding tert-OH is 1. The van der Waals surface area contributed by atoms with E-state index >= 15 is 0 Å². The van der Waals surface area contributed by atoms with Crippen LogP contribution >= 0.6 is 0 Å². The van der Waals surface area contributed by atoms with Crippen molar-refractivity contribution in [2.45, 2.75) is 26.0 Å². The third-order valence-corrected chi connectivity index (χ3v) is 3.73. The number of ether oxygens (including phenoxy) is 1. The number of hydrogen-bond acceptors (Lipinski definition) is 4. The molecule has 1 fully saturated rings. The largest absolute Gasteiger partial charge is 0.390 e. The Kier molecular flexibility index (Phi) is 3.40. The third-order valence-electron chi connectivity index (χ3n) is 3.73. The minimum absolute atomic E-state index is 0.00565. The Bertz CT molecular complexity index is 567. The highest BCUT2D eigenvalue weighted by Gasteiger charge is 2.26. The van der Waals surface area contributed by atoms with Crippen LogP contribution in [-0.4, -0.2) is 40.3 Å². The molecule has 5 nitrogen and oxygen atoms in total. The number of anilines is 1. The number of rotatable bonds is 3. The number of nitrogens with zero attached hydrogens (tertiary/aromatic N) is 3. The highest BCUT2D eigenvalue weighted by atomic mass is 16.5. The van der Waals surface area contributed by atoms with E-state index in [0.29, 0.717) is 6.04 Å². The Morgan fingerprint density at radius 3 is 3.16 bits per heavy atom. The van der Waals surface area contributed by atoms with Gasteiger partial charge in [0.1, 0.15) is 5.65 Å².